The van der Waals surface area contributed by atoms with E-state index in [-0.39, 0.29) is 50.1 Å². The van der Waals surface area contributed by atoms with E-state index in [1.165, 1.54) is 25.2 Å². The quantitative estimate of drug-likeness (QED) is 0.0912. The average Bonchev–Trinajstić information content (AvgIpc) is 3.66. The molecule has 0 bridgehead atoms. The molecule has 3 heterocycles. The molecule has 334 valence electrons. The van der Waals surface area contributed by atoms with E-state index in [0.717, 1.165) is 37.8 Å². The fraction of sp³-hybridized carbons (Fsp3) is 0.821. The number of nitrogens with zero attached hydrogens (tertiary/aromatic N) is 1. The predicted molar refractivity (Wildman–Crippen MR) is 208 cm³/mol. The topological polar surface area (TPSA) is 285 Å². The summed E-state index contributed by atoms with van der Waals surface area (Å²) in [5.74, 6) is -3.59. The van der Waals surface area contributed by atoms with Crippen molar-refractivity contribution in [1.82, 2.24) is 20.9 Å². The molecule has 0 radical (unpaired) electrons. The van der Waals surface area contributed by atoms with Gasteiger partial charge >= 0.3 is 5.97 Å². The Morgan fingerprint density at radius 2 is 1.64 bits per heavy atom. The van der Waals surface area contributed by atoms with Crippen molar-refractivity contribution in [1.29, 1.82) is 0 Å². The van der Waals surface area contributed by atoms with Crippen molar-refractivity contribution in [3.8, 4) is 0 Å². The molecule has 15 atom stereocenters. The Balaban J connectivity index is 1.39. The number of aryl methyl sites for hydroxylation is 1. The van der Waals surface area contributed by atoms with Gasteiger partial charge in [0.05, 0.1) is 24.9 Å². The van der Waals surface area contributed by atoms with E-state index < -0.39 is 110 Å². The number of thiazole rings is 1. The van der Waals surface area contributed by atoms with Gasteiger partial charge in [0.15, 0.2) is 23.7 Å². The summed E-state index contributed by atoms with van der Waals surface area (Å²) < 4.78 is 31.0. The summed E-state index contributed by atoms with van der Waals surface area (Å²) in [6.45, 7) is 5.88. The van der Waals surface area contributed by atoms with Gasteiger partial charge in [-0.3, -0.25) is 14.4 Å². The minimum Gasteiger partial charge on any atom is -0.479 e. The average molecular weight is 859 g/mol. The Kier molecular flexibility index (Phi) is 17.4. The van der Waals surface area contributed by atoms with Gasteiger partial charge in [-0.05, 0) is 44.9 Å². The second kappa shape index (κ2) is 21.8. The molecule has 2 saturated heterocycles. The first-order valence-corrected chi connectivity index (χ1v) is 21.6. The fourth-order valence-corrected chi connectivity index (χ4v) is 9.33. The molecule has 0 spiro atoms. The van der Waals surface area contributed by atoms with E-state index in [2.05, 4.69) is 20.9 Å². The summed E-state index contributed by atoms with van der Waals surface area (Å²) in [4.78, 5) is 55.7. The maximum absolute atomic E-state index is 13.8. The van der Waals surface area contributed by atoms with Crippen LogP contribution in [0.2, 0.25) is 0 Å². The van der Waals surface area contributed by atoms with E-state index in [9.17, 15) is 49.8 Å². The van der Waals surface area contributed by atoms with Crippen LogP contribution in [-0.2, 0) is 38.1 Å². The molecule has 5 rings (SSSR count). The van der Waals surface area contributed by atoms with Crippen molar-refractivity contribution < 1.29 is 73.5 Å². The normalized spacial score (nSPS) is 36.0. The number of carbonyl (C=O) groups is 4. The van der Waals surface area contributed by atoms with E-state index in [1.807, 2.05) is 6.92 Å². The summed E-state index contributed by atoms with van der Waals surface area (Å²) in [5, 5.41) is 74.2. The number of aliphatic hydroxyl groups excluding tert-OH is 5. The minimum absolute atomic E-state index is 0.00868. The van der Waals surface area contributed by atoms with Crippen LogP contribution in [0.3, 0.4) is 0 Å². The second-order valence-corrected chi connectivity index (χ2v) is 17.1. The molecule has 4 aliphatic rings. The zero-order valence-electron chi connectivity index (χ0n) is 34.0. The zero-order chi connectivity index (χ0) is 43.0. The number of aromatic nitrogens is 1. The van der Waals surface area contributed by atoms with Crippen LogP contribution in [0.5, 0.6) is 0 Å². The number of ether oxygens (including phenoxy) is 5. The molecule has 1 aromatic heterocycles. The number of nitrogens with one attached hydrogen (secondary N) is 3. The van der Waals surface area contributed by atoms with Crippen LogP contribution in [0.15, 0.2) is 5.38 Å². The third-order valence-electron chi connectivity index (χ3n) is 11.9. The van der Waals surface area contributed by atoms with Gasteiger partial charge in [-0.25, -0.2) is 9.78 Å². The molecule has 3 amide bonds. The van der Waals surface area contributed by atoms with Gasteiger partial charge in [0, 0.05) is 37.0 Å². The highest BCUT2D eigenvalue weighted by atomic mass is 32.1. The molecule has 2 aliphatic carbocycles. The third-order valence-corrected chi connectivity index (χ3v) is 12.8. The van der Waals surface area contributed by atoms with E-state index in [0.29, 0.717) is 11.4 Å². The molecular weight excluding hydrogens is 797 g/mol. The molecule has 2 aliphatic heterocycles. The zero-order valence-corrected chi connectivity index (χ0v) is 34.8. The maximum Gasteiger partial charge on any atom is 0.332 e. The van der Waals surface area contributed by atoms with E-state index in [1.54, 1.807) is 12.3 Å². The summed E-state index contributed by atoms with van der Waals surface area (Å²) in [7, 11) is 0. The molecule has 59 heavy (non-hydrogen) atoms. The molecule has 1 aromatic rings. The first-order valence-electron chi connectivity index (χ1n) is 20.7. The SMILES string of the molecule is CCC1CC(C(=O)NCCNC(=O)c2nc(C)cs2)C[C@@H](O[C@@H]2OC(CO)[C@H](O)C(O[C@@H](CC3CCCCC3)C(=O)O)C2NC(C)=O)C1OC1O[C@@H](C)C(O)C(O)[C@@H]1O. The van der Waals surface area contributed by atoms with Gasteiger partial charge in [0.1, 0.15) is 42.7 Å². The first-order chi connectivity index (χ1) is 28.1. The van der Waals surface area contributed by atoms with Crippen molar-refractivity contribution in [2.75, 3.05) is 19.7 Å². The van der Waals surface area contributed by atoms with Gasteiger partial charge < -0.3 is 70.3 Å². The Hall–Kier alpha value is -2.89. The molecule has 19 nitrogen and oxygen atoms in total. The lowest BCUT2D eigenvalue weighted by Crippen LogP contribution is -2.67. The summed E-state index contributed by atoms with van der Waals surface area (Å²) in [5.41, 5.74) is 0.718. The number of carboxylic acids is 1. The smallest absolute Gasteiger partial charge is 0.332 e. The number of carbonyl (C=O) groups excluding carboxylic acids is 3. The van der Waals surface area contributed by atoms with Crippen LogP contribution in [-0.4, -0.2) is 159 Å². The van der Waals surface area contributed by atoms with Crippen LogP contribution in [0.4, 0.5) is 0 Å². The van der Waals surface area contributed by atoms with Gasteiger partial charge in [-0.2, -0.15) is 0 Å². The van der Waals surface area contributed by atoms with Crippen LogP contribution < -0.4 is 16.0 Å². The number of carboxylic acid groups (broad SMARTS) is 1. The van der Waals surface area contributed by atoms with Crippen LogP contribution in [0.25, 0.3) is 0 Å². The van der Waals surface area contributed by atoms with Crippen molar-refractivity contribution >= 4 is 35.0 Å². The van der Waals surface area contributed by atoms with Crippen molar-refractivity contribution in [2.45, 2.75) is 165 Å². The van der Waals surface area contributed by atoms with Gasteiger partial charge in [-0.15, -0.1) is 11.3 Å². The second-order valence-electron chi connectivity index (χ2n) is 16.2. The monoisotopic (exact) mass is 858 g/mol. The lowest BCUT2D eigenvalue weighted by molar-refractivity contribution is -0.338. The number of hydrogen-bond acceptors (Lipinski definition) is 16. The van der Waals surface area contributed by atoms with Crippen LogP contribution >= 0.6 is 11.3 Å². The van der Waals surface area contributed by atoms with E-state index in [4.69, 9.17) is 23.7 Å². The Labute approximate surface area is 347 Å². The molecule has 9 N–H and O–H groups in total. The lowest BCUT2D eigenvalue weighted by Gasteiger charge is -2.49. The molecular formula is C39H62N4O15S. The summed E-state index contributed by atoms with van der Waals surface area (Å²) in [6, 6.07) is -1.31. The maximum atomic E-state index is 13.8. The Bertz CT molecular complexity index is 1550. The standard InChI is InChI=1S/C39H62N4O15S/c1-5-22-14-23(34(50)40-11-12-41-35(51)36-42-18(2)17-59-36)15-24(32(22)58-39-31(49)30(48)28(46)19(3)54-39)56-38-27(43-20(4)45)33(29(47)26(16-44)57-38)55-25(37(52)53)13-21-9-7-6-8-10-21/h17,19,21-33,38-39,44,46-49H,5-16H2,1-4H3,(H,40,50)(H,41,51)(H,43,45)(H,52,53)/t19-,22?,23?,24+,25-,26?,27?,28?,29-,30?,31-,32?,33?,38+,39?/m0/s1. The van der Waals surface area contributed by atoms with E-state index >= 15 is 0 Å². The summed E-state index contributed by atoms with van der Waals surface area (Å²) in [6.07, 6.45) is -10.7. The van der Waals surface area contributed by atoms with Crippen LogP contribution in [0, 0.1) is 24.7 Å². The Morgan fingerprint density at radius 3 is 2.27 bits per heavy atom. The van der Waals surface area contributed by atoms with Gasteiger partial charge in [0.2, 0.25) is 11.8 Å². The highest BCUT2D eigenvalue weighted by Gasteiger charge is 2.53. The van der Waals surface area contributed by atoms with Crippen molar-refractivity contribution in [3.05, 3.63) is 16.1 Å². The Morgan fingerprint density at radius 1 is 0.932 bits per heavy atom. The molecule has 20 heteroatoms. The van der Waals surface area contributed by atoms with Crippen LogP contribution in [0.1, 0.15) is 94.1 Å². The molecule has 9 unspecified atom stereocenters. The number of rotatable bonds is 17. The van der Waals surface area contributed by atoms with Crippen molar-refractivity contribution in [2.24, 2.45) is 17.8 Å². The molecule has 4 fully saturated rings. The highest BCUT2D eigenvalue weighted by molar-refractivity contribution is 7.11. The first kappa shape index (κ1) is 47.2. The lowest BCUT2D eigenvalue weighted by atomic mass is 9.75. The summed E-state index contributed by atoms with van der Waals surface area (Å²) >= 11 is 1.21. The van der Waals surface area contributed by atoms with Gasteiger partial charge in [0.25, 0.3) is 5.91 Å². The number of aliphatic carboxylic acids is 1. The molecule has 2 saturated carbocycles. The number of amides is 3. The fourth-order valence-electron chi connectivity index (χ4n) is 8.62. The number of aliphatic hydroxyl groups is 5. The number of hydrogen-bond donors (Lipinski definition) is 9. The largest absolute Gasteiger partial charge is 0.479 e. The predicted octanol–water partition coefficient (Wildman–Crippen LogP) is -0.277. The van der Waals surface area contributed by atoms with Gasteiger partial charge in [-0.1, -0.05) is 45.4 Å². The highest BCUT2D eigenvalue weighted by Crippen LogP contribution is 2.40. The minimum atomic E-state index is -1.66. The molecule has 0 aromatic carbocycles. The van der Waals surface area contributed by atoms with Crippen molar-refractivity contribution in [3.63, 3.8) is 0 Å². The third kappa shape index (κ3) is 12.2.